The normalized spacial score (nSPS) is 10.2. The Kier molecular flexibility index (Phi) is 2.17. The lowest BCUT2D eigenvalue weighted by Crippen LogP contribution is -2.15. The summed E-state index contributed by atoms with van der Waals surface area (Å²) in [7, 11) is 0. The summed E-state index contributed by atoms with van der Waals surface area (Å²) in [5.41, 5.74) is 6.38. The molecule has 0 aliphatic carbocycles. The molecule has 2 aromatic heterocycles. The fourth-order valence-corrected chi connectivity index (χ4v) is 1.26. The van der Waals surface area contributed by atoms with E-state index in [0.717, 1.165) is 11.3 Å². The van der Waals surface area contributed by atoms with Crippen molar-refractivity contribution < 1.29 is 0 Å². The Morgan fingerprint density at radius 2 is 2.20 bits per heavy atom. The van der Waals surface area contributed by atoms with Crippen molar-refractivity contribution in [3.8, 4) is 11.4 Å². The molecule has 0 bridgehead atoms. The number of aromatic amines is 1. The molecule has 3 N–H and O–H groups in total. The van der Waals surface area contributed by atoms with E-state index in [-0.39, 0.29) is 5.95 Å². The molecule has 2 aromatic rings. The van der Waals surface area contributed by atoms with Crippen LogP contribution >= 0.6 is 0 Å². The second-order valence-corrected chi connectivity index (χ2v) is 3.00. The van der Waals surface area contributed by atoms with Crippen molar-refractivity contribution >= 4 is 5.95 Å². The van der Waals surface area contributed by atoms with E-state index < -0.39 is 5.69 Å². The molecule has 2 heterocycles. The molecule has 0 fully saturated rings. The third kappa shape index (κ3) is 1.83. The minimum Gasteiger partial charge on any atom is -0.368 e. The number of rotatable bonds is 1. The van der Waals surface area contributed by atoms with Crippen LogP contribution in [0.5, 0.6) is 0 Å². The molecule has 15 heavy (non-hydrogen) atoms. The van der Waals surface area contributed by atoms with Crippen LogP contribution in [0.25, 0.3) is 11.4 Å². The number of nitrogens with one attached hydrogen (secondary N) is 1. The fraction of sp³-hybridized carbons (Fsp3) is 0.111. The van der Waals surface area contributed by atoms with Crippen molar-refractivity contribution in [1.82, 2.24) is 19.9 Å². The first-order chi connectivity index (χ1) is 7.16. The highest BCUT2D eigenvalue weighted by Gasteiger charge is 2.05. The van der Waals surface area contributed by atoms with E-state index in [1.165, 1.54) is 0 Å². The number of aromatic nitrogens is 4. The molecule has 0 radical (unpaired) electrons. The fourth-order valence-electron chi connectivity index (χ4n) is 1.26. The first kappa shape index (κ1) is 9.32. The van der Waals surface area contributed by atoms with Gasteiger partial charge in [-0.15, -0.1) is 0 Å². The second-order valence-electron chi connectivity index (χ2n) is 3.00. The van der Waals surface area contributed by atoms with Crippen LogP contribution in [-0.2, 0) is 0 Å². The van der Waals surface area contributed by atoms with Gasteiger partial charge in [-0.1, -0.05) is 0 Å². The lowest BCUT2D eigenvalue weighted by molar-refractivity contribution is 1.00. The lowest BCUT2D eigenvalue weighted by Gasteiger charge is -2.02. The predicted molar refractivity (Wildman–Crippen MR) is 55.0 cm³/mol. The number of nitrogens with two attached hydrogens (primary N) is 1. The summed E-state index contributed by atoms with van der Waals surface area (Å²) < 4.78 is 0. The molecule has 0 amide bonds. The van der Waals surface area contributed by atoms with Crippen molar-refractivity contribution in [3.63, 3.8) is 0 Å². The van der Waals surface area contributed by atoms with Crippen LogP contribution in [-0.4, -0.2) is 19.9 Å². The van der Waals surface area contributed by atoms with Crippen molar-refractivity contribution in [2.75, 3.05) is 5.73 Å². The molecule has 2 rings (SSSR count). The quantitative estimate of drug-likeness (QED) is 0.685. The van der Waals surface area contributed by atoms with Gasteiger partial charge in [-0.3, -0.25) is 9.97 Å². The van der Waals surface area contributed by atoms with Gasteiger partial charge in [-0.2, -0.15) is 9.97 Å². The zero-order chi connectivity index (χ0) is 10.8. The molecule has 0 unspecified atom stereocenters. The van der Waals surface area contributed by atoms with Crippen LogP contribution in [0.2, 0.25) is 0 Å². The van der Waals surface area contributed by atoms with Gasteiger partial charge in [0.1, 0.15) is 5.82 Å². The van der Waals surface area contributed by atoms with Gasteiger partial charge in [0.15, 0.2) is 0 Å². The molecular formula is C9H9N5O. The summed E-state index contributed by atoms with van der Waals surface area (Å²) in [6, 6.07) is 3.57. The molecule has 0 saturated heterocycles. The Morgan fingerprint density at radius 3 is 2.87 bits per heavy atom. The average molecular weight is 203 g/mol. The van der Waals surface area contributed by atoms with Crippen molar-refractivity contribution in [1.29, 1.82) is 0 Å². The molecular weight excluding hydrogens is 194 g/mol. The predicted octanol–water partition coefficient (Wildman–Crippen LogP) is 0.118. The minimum atomic E-state index is -0.513. The summed E-state index contributed by atoms with van der Waals surface area (Å²) in [5, 5.41) is 0. The monoisotopic (exact) mass is 203 g/mol. The Hall–Kier alpha value is -2.24. The molecule has 76 valence electrons. The number of H-pyrrole nitrogens is 1. The van der Waals surface area contributed by atoms with Gasteiger partial charge in [-0.05, 0) is 19.1 Å². The summed E-state index contributed by atoms with van der Waals surface area (Å²) in [4.78, 5) is 25.0. The third-order valence-corrected chi connectivity index (χ3v) is 1.93. The Labute approximate surface area is 85.2 Å². The van der Waals surface area contributed by atoms with Gasteiger partial charge >= 0.3 is 5.69 Å². The molecule has 6 nitrogen and oxygen atoms in total. The summed E-state index contributed by atoms with van der Waals surface area (Å²) in [6.45, 7) is 1.83. The molecule has 0 spiro atoms. The highest BCUT2D eigenvalue weighted by molar-refractivity contribution is 5.57. The van der Waals surface area contributed by atoms with Crippen LogP contribution < -0.4 is 11.4 Å². The molecule has 6 heteroatoms. The first-order valence-corrected chi connectivity index (χ1v) is 4.32. The van der Waals surface area contributed by atoms with Crippen LogP contribution in [0.4, 0.5) is 5.95 Å². The number of pyridine rings is 1. The van der Waals surface area contributed by atoms with Crippen LogP contribution in [0.15, 0.2) is 23.1 Å². The van der Waals surface area contributed by atoms with Gasteiger partial charge in [0.05, 0.1) is 0 Å². The molecule has 0 aliphatic heterocycles. The van der Waals surface area contributed by atoms with Crippen molar-refractivity contribution in [3.05, 3.63) is 34.5 Å². The van der Waals surface area contributed by atoms with Crippen molar-refractivity contribution in [2.45, 2.75) is 6.92 Å². The maximum atomic E-state index is 11.1. The number of anilines is 1. The maximum Gasteiger partial charge on any atom is 0.349 e. The second kappa shape index (κ2) is 3.49. The number of nitrogens with zero attached hydrogens (tertiary/aromatic N) is 3. The summed E-state index contributed by atoms with van der Waals surface area (Å²) in [5.74, 6) is 0.343. The summed E-state index contributed by atoms with van der Waals surface area (Å²) >= 11 is 0. The number of hydrogen-bond donors (Lipinski definition) is 2. The topological polar surface area (TPSA) is 97.5 Å². The van der Waals surface area contributed by atoms with Crippen LogP contribution in [0.3, 0.4) is 0 Å². The SMILES string of the molecule is Cc1ncccc1-c1nc(N)nc(=O)[nH]1. The summed E-state index contributed by atoms with van der Waals surface area (Å²) in [6.07, 6.45) is 1.67. The molecule has 0 aromatic carbocycles. The third-order valence-electron chi connectivity index (χ3n) is 1.93. The highest BCUT2D eigenvalue weighted by Crippen LogP contribution is 2.15. The number of nitrogen functional groups attached to an aromatic ring is 1. The highest BCUT2D eigenvalue weighted by atomic mass is 16.1. The standard InChI is InChI=1S/C9H9N5O/c1-5-6(3-2-4-11-5)7-12-8(10)14-9(15)13-7/h2-4H,1H3,(H3,10,12,13,14,15). The maximum absolute atomic E-state index is 11.1. The largest absolute Gasteiger partial charge is 0.368 e. The smallest absolute Gasteiger partial charge is 0.349 e. The zero-order valence-corrected chi connectivity index (χ0v) is 8.06. The van der Waals surface area contributed by atoms with Crippen molar-refractivity contribution in [2.24, 2.45) is 0 Å². The van der Waals surface area contributed by atoms with Crippen LogP contribution in [0.1, 0.15) is 5.69 Å². The van der Waals surface area contributed by atoms with E-state index in [1.807, 2.05) is 6.92 Å². The molecule has 0 aliphatic rings. The van der Waals surface area contributed by atoms with Gasteiger partial charge < -0.3 is 5.73 Å². The van der Waals surface area contributed by atoms with E-state index in [0.29, 0.717) is 5.82 Å². The number of hydrogen-bond acceptors (Lipinski definition) is 5. The lowest BCUT2D eigenvalue weighted by atomic mass is 10.2. The Bertz CT molecular complexity index is 548. The van der Waals surface area contributed by atoms with Gasteiger partial charge in [0.25, 0.3) is 0 Å². The van der Waals surface area contributed by atoms with E-state index >= 15 is 0 Å². The van der Waals surface area contributed by atoms with E-state index in [1.54, 1.807) is 18.3 Å². The van der Waals surface area contributed by atoms with Gasteiger partial charge in [0.2, 0.25) is 5.95 Å². The molecule has 0 saturated carbocycles. The number of aryl methyl sites for hydroxylation is 1. The van der Waals surface area contributed by atoms with E-state index in [2.05, 4.69) is 19.9 Å². The van der Waals surface area contributed by atoms with Crippen LogP contribution in [0, 0.1) is 6.92 Å². The van der Waals surface area contributed by atoms with Gasteiger partial charge in [-0.25, -0.2) is 4.79 Å². The first-order valence-electron chi connectivity index (χ1n) is 4.32. The van der Waals surface area contributed by atoms with E-state index in [4.69, 9.17) is 5.73 Å². The molecule has 0 atom stereocenters. The Morgan fingerprint density at radius 1 is 1.40 bits per heavy atom. The average Bonchev–Trinajstić information content (AvgIpc) is 2.16. The van der Waals surface area contributed by atoms with Gasteiger partial charge in [0, 0.05) is 17.5 Å². The van der Waals surface area contributed by atoms with E-state index in [9.17, 15) is 4.79 Å². The zero-order valence-electron chi connectivity index (χ0n) is 8.06. The minimum absolute atomic E-state index is 0.0444. The Balaban J connectivity index is 2.64.